The van der Waals surface area contributed by atoms with Crippen LogP contribution in [0.3, 0.4) is 0 Å². The molecular weight excluding hydrogens is 264 g/mol. The summed E-state index contributed by atoms with van der Waals surface area (Å²) in [5.41, 5.74) is 0.710. The van der Waals surface area contributed by atoms with Gasteiger partial charge in [0.1, 0.15) is 11.4 Å². The standard InChI is InChI=1S/C13H20N2O3S/c1-6-18-11(16)7-15(8(2)3)13(17)12-9(4)14-10(5)19-12/h8H,6-7H2,1-5H3. The second kappa shape index (κ2) is 6.65. The van der Waals surface area contributed by atoms with Crippen molar-refractivity contribution in [2.75, 3.05) is 13.2 Å². The molecule has 1 aromatic heterocycles. The first kappa shape index (κ1) is 15.6. The molecule has 19 heavy (non-hydrogen) atoms. The van der Waals surface area contributed by atoms with Gasteiger partial charge in [-0.2, -0.15) is 0 Å². The van der Waals surface area contributed by atoms with Crippen LogP contribution >= 0.6 is 11.3 Å². The smallest absolute Gasteiger partial charge is 0.325 e. The largest absolute Gasteiger partial charge is 0.465 e. The van der Waals surface area contributed by atoms with E-state index in [9.17, 15) is 9.59 Å². The Balaban J connectivity index is 2.90. The summed E-state index contributed by atoms with van der Waals surface area (Å²) in [6.07, 6.45) is 0. The topological polar surface area (TPSA) is 59.5 Å². The molecule has 106 valence electrons. The molecule has 0 saturated carbocycles. The van der Waals surface area contributed by atoms with Gasteiger partial charge in [0.15, 0.2) is 0 Å². The molecule has 0 aliphatic carbocycles. The van der Waals surface area contributed by atoms with Gasteiger partial charge in [-0.25, -0.2) is 4.98 Å². The molecule has 0 atom stereocenters. The Labute approximate surface area is 117 Å². The Morgan fingerprint density at radius 2 is 2.00 bits per heavy atom. The molecule has 0 radical (unpaired) electrons. The fourth-order valence-electron chi connectivity index (χ4n) is 1.69. The van der Waals surface area contributed by atoms with Crippen LogP contribution in [-0.2, 0) is 9.53 Å². The lowest BCUT2D eigenvalue weighted by molar-refractivity contribution is -0.144. The molecule has 1 heterocycles. The lowest BCUT2D eigenvalue weighted by Crippen LogP contribution is -2.41. The highest BCUT2D eigenvalue weighted by Crippen LogP contribution is 2.20. The number of aryl methyl sites for hydroxylation is 2. The highest BCUT2D eigenvalue weighted by molar-refractivity contribution is 7.13. The molecule has 0 aliphatic heterocycles. The second-order valence-electron chi connectivity index (χ2n) is 4.48. The minimum atomic E-state index is -0.386. The molecular formula is C13H20N2O3S. The quantitative estimate of drug-likeness (QED) is 0.778. The predicted molar refractivity (Wildman–Crippen MR) is 74.4 cm³/mol. The van der Waals surface area contributed by atoms with Crippen molar-refractivity contribution in [3.05, 3.63) is 15.6 Å². The van der Waals surface area contributed by atoms with Crippen LogP contribution in [0.5, 0.6) is 0 Å². The lowest BCUT2D eigenvalue weighted by atomic mass is 10.2. The third kappa shape index (κ3) is 4.02. The molecule has 0 spiro atoms. The third-order valence-corrected chi connectivity index (χ3v) is 3.65. The van der Waals surface area contributed by atoms with Gasteiger partial charge in [-0.3, -0.25) is 9.59 Å². The fraction of sp³-hybridized carbons (Fsp3) is 0.615. The van der Waals surface area contributed by atoms with Crippen LogP contribution in [0, 0.1) is 13.8 Å². The molecule has 0 fully saturated rings. The first-order chi connectivity index (χ1) is 8.86. The summed E-state index contributed by atoms with van der Waals surface area (Å²) >= 11 is 1.35. The molecule has 1 amide bonds. The van der Waals surface area contributed by atoms with Gasteiger partial charge in [0, 0.05) is 6.04 Å². The Morgan fingerprint density at radius 3 is 2.42 bits per heavy atom. The number of nitrogens with zero attached hydrogens (tertiary/aromatic N) is 2. The van der Waals surface area contributed by atoms with Crippen molar-refractivity contribution in [2.45, 2.75) is 40.7 Å². The van der Waals surface area contributed by atoms with E-state index in [0.29, 0.717) is 17.2 Å². The zero-order valence-corrected chi connectivity index (χ0v) is 12.8. The van der Waals surface area contributed by atoms with E-state index in [4.69, 9.17) is 4.74 Å². The summed E-state index contributed by atoms with van der Waals surface area (Å²) in [5, 5.41) is 0.848. The molecule has 1 rings (SSSR count). The maximum Gasteiger partial charge on any atom is 0.325 e. The second-order valence-corrected chi connectivity index (χ2v) is 5.68. The molecule has 0 N–H and O–H groups in total. The number of aromatic nitrogens is 1. The molecule has 1 aromatic rings. The minimum Gasteiger partial charge on any atom is -0.465 e. The van der Waals surface area contributed by atoms with E-state index in [1.54, 1.807) is 13.8 Å². The first-order valence-electron chi connectivity index (χ1n) is 6.27. The maximum absolute atomic E-state index is 12.4. The van der Waals surface area contributed by atoms with E-state index < -0.39 is 0 Å². The van der Waals surface area contributed by atoms with Gasteiger partial charge in [-0.15, -0.1) is 11.3 Å². The van der Waals surface area contributed by atoms with Crippen molar-refractivity contribution in [1.29, 1.82) is 0 Å². The van der Waals surface area contributed by atoms with E-state index in [1.165, 1.54) is 16.2 Å². The van der Waals surface area contributed by atoms with Crippen LogP contribution in [0.2, 0.25) is 0 Å². The Kier molecular flexibility index (Phi) is 5.47. The number of thiazole rings is 1. The van der Waals surface area contributed by atoms with E-state index in [0.717, 1.165) is 5.01 Å². The SMILES string of the molecule is CCOC(=O)CN(C(=O)c1sc(C)nc1C)C(C)C. The molecule has 0 bridgehead atoms. The number of esters is 1. The Morgan fingerprint density at radius 1 is 1.37 bits per heavy atom. The van der Waals surface area contributed by atoms with E-state index in [2.05, 4.69) is 4.98 Å². The van der Waals surface area contributed by atoms with Crippen LogP contribution in [0.25, 0.3) is 0 Å². The van der Waals surface area contributed by atoms with Gasteiger partial charge in [0.05, 0.1) is 17.3 Å². The number of rotatable bonds is 5. The van der Waals surface area contributed by atoms with Crippen molar-refractivity contribution >= 4 is 23.2 Å². The maximum atomic E-state index is 12.4. The van der Waals surface area contributed by atoms with Crippen LogP contribution in [0.1, 0.15) is 41.1 Å². The third-order valence-electron chi connectivity index (χ3n) is 2.59. The van der Waals surface area contributed by atoms with E-state index >= 15 is 0 Å². The normalized spacial score (nSPS) is 10.6. The molecule has 0 aromatic carbocycles. The number of hydrogen-bond acceptors (Lipinski definition) is 5. The van der Waals surface area contributed by atoms with Crippen molar-refractivity contribution in [3.63, 3.8) is 0 Å². The average Bonchev–Trinajstić information content (AvgIpc) is 2.64. The molecule has 6 heteroatoms. The fourth-order valence-corrected chi connectivity index (χ4v) is 2.57. The number of carbonyl (C=O) groups excluding carboxylic acids is 2. The first-order valence-corrected chi connectivity index (χ1v) is 7.09. The Hall–Kier alpha value is -1.43. The van der Waals surface area contributed by atoms with Gasteiger partial charge in [0.25, 0.3) is 5.91 Å². The molecule has 0 unspecified atom stereocenters. The summed E-state index contributed by atoms with van der Waals surface area (Å²) in [6, 6.07) is -0.0706. The van der Waals surface area contributed by atoms with Gasteiger partial charge in [-0.1, -0.05) is 0 Å². The molecule has 5 nitrogen and oxygen atoms in total. The zero-order valence-electron chi connectivity index (χ0n) is 12.0. The molecule has 0 aliphatic rings. The minimum absolute atomic E-state index is 0.0271. The van der Waals surface area contributed by atoms with E-state index in [1.807, 2.05) is 20.8 Å². The number of hydrogen-bond donors (Lipinski definition) is 0. The van der Waals surface area contributed by atoms with Crippen molar-refractivity contribution in [1.82, 2.24) is 9.88 Å². The lowest BCUT2D eigenvalue weighted by Gasteiger charge is -2.25. The predicted octanol–water partition coefficient (Wildman–Crippen LogP) is 2.17. The van der Waals surface area contributed by atoms with Gasteiger partial charge in [-0.05, 0) is 34.6 Å². The highest BCUT2D eigenvalue weighted by Gasteiger charge is 2.25. The number of amides is 1. The van der Waals surface area contributed by atoms with Crippen molar-refractivity contribution in [3.8, 4) is 0 Å². The van der Waals surface area contributed by atoms with Crippen LogP contribution in [0.4, 0.5) is 0 Å². The summed E-state index contributed by atoms with van der Waals surface area (Å²) < 4.78 is 4.90. The highest BCUT2D eigenvalue weighted by atomic mass is 32.1. The van der Waals surface area contributed by atoms with Crippen LogP contribution < -0.4 is 0 Å². The summed E-state index contributed by atoms with van der Waals surface area (Å²) in [5.74, 6) is -0.547. The summed E-state index contributed by atoms with van der Waals surface area (Å²) in [4.78, 5) is 30.4. The van der Waals surface area contributed by atoms with Crippen molar-refractivity contribution < 1.29 is 14.3 Å². The van der Waals surface area contributed by atoms with Gasteiger partial charge >= 0.3 is 5.97 Å². The summed E-state index contributed by atoms with van der Waals surface area (Å²) in [7, 11) is 0. The van der Waals surface area contributed by atoms with Gasteiger partial charge < -0.3 is 9.64 Å². The van der Waals surface area contributed by atoms with Crippen molar-refractivity contribution in [2.24, 2.45) is 0 Å². The zero-order chi connectivity index (χ0) is 14.6. The monoisotopic (exact) mass is 284 g/mol. The van der Waals surface area contributed by atoms with Crippen LogP contribution in [0.15, 0.2) is 0 Å². The molecule has 0 saturated heterocycles. The number of ether oxygens (including phenoxy) is 1. The average molecular weight is 284 g/mol. The van der Waals surface area contributed by atoms with E-state index in [-0.39, 0.29) is 24.5 Å². The van der Waals surface area contributed by atoms with Gasteiger partial charge in [0.2, 0.25) is 0 Å². The van der Waals surface area contributed by atoms with Crippen LogP contribution in [-0.4, -0.2) is 41.0 Å². The summed E-state index contributed by atoms with van der Waals surface area (Å²) in [6.45, 7) is 9.45. The number of carbonyl (C=O) groups is 2. The Bertz CT molecular complexity index is 468.